The molecular formula is C20H21N7OS. The fourth-order valence-electron chi connectivity index (χ4n) is 3.97. The van der Waals surface area contributed by atoms with E-state index in [0.717, 1.165) is 53.4 Å². The molecule has 0 aliphatic carbocycles. The summed E-state index contributed by atoms with van der Waals surface area (Å²) >= 11 is 1.67. The average molecular weight is 408 g/mol. The lowest BCUT2D eigenvalue weighted by molar-refractivity contribution is 0.351. The zero-order chi connectivity index (χ0) is 20.0. The first-order valence-electron chi connectivity index (χ1n) is 9.67. The number of nitrogens with zero attached hydrogens (tertiary/aromatic N) is 7. The molecule has 0 N–H and O–H groups in total. The lowest BCUT2D eigenvalue weighted by atomic mass is 10.1. The van der Waals surface area contributed by atoms with Gasteiger partial charge in [-0.2, -0.15) is 5.10 Å². The second-order valence-electron chi connectivity index (χ2n) is 7.36. The molecule has 0 radical (unpaired) electrons. The SMILES string of the molecule is Cc1cc(C)n(-c2ccc(=O)n(C3CCN(c4ncnc5ccsc45)CC3)n2)n1. The summed E-state index contributed by atoms with van der Waals surface area (Å²) in [7, 11) is 0. The molecule has 0 saturated carbocycles. The zero-order valence-corrected chi connectivity index (χ0v) is 17.1. The van der Waals surface area contributed by atoms with Crippen molar-refractivity contribution in [2.75, 3.05) is 18.0 Å². The Labute approximate surface area is 171 Å². The first-order chi connectivity index (χ1) is 14.1. The maximum Gasteiger partial charge on any atom is 0.267 e. The summed E-state index contributed by atoms with van der Waals surface area (Å²) in [6.07, 6.45) is 3.30. The molecule has 8 nitrogen and oxygen atoms in total. The van der Waals surface area contributed by atoms with E-state index in [0.29, 0.717) is 5.82 Å². The maximum atomic E-state index is 12.5. The number of fused-ring (bicyclic) bond motifs is 1. The van der Waals surface area contributed by atoms with Gasteiger partial charge in [0.25, 0.3) is 5.56 Å². The van der Waals surface area contributed by atoms with Crippen molar-refractivity contribution in [1.82, 2.24) is 29.5 Å². The van der Waals surface area contributed by atoms with Gasteiger partial charge in [0.2, 0.25) is 0 Å². The minimum absolute atomic E-state index is 0.0660. The quantitative estimate of drug-likeness (QED) is 0.519. The van der Waals surface area contributed by atoms with E-state index in [1.807, 2.05) is 31.4 Å². The Bertz CT molecular complexity index is 1230. The number of thiophene rings is 1. The second-order valence-corrected chi connectivity index (χ2v) is 8.28. The van der Waals surface area contributed by atoms with Crippen molar-refractivity contribution in [2.45, 2.75) is 32.7 Å². The highest BCUT2D eigenvalue weighted by atomic mass is 32.1. The van der Waals surface area contributed by atoms with Crippen LogP contribution in [0.2, 0.25) is 0 Å². The minimum Gasteiger partial charge on any atom is -0.355 e. The van der Waals surface area contributed by atoms with Gasteiger partial charge in [0, 0.05) is 24.8 Å². The summed E-state index contributed by atoms with van der Waals surface area (Å²) in [5, 5.41) is 11.2. The number of hydrogen-bond acceptors (Lipinski definition) is 7. The van der Waals surface area contributed by atoms with Crippen LogP contribution in [0.3, 0.4) is 0 Å². The zero-order valence-electron chi connectivity index (χ0n) is 16.3. The van der Waals surface area contributed by atoms with Crippen LogP contribution in [0.25, 0.3) is 16.0 Å². The molecular weight excluding hydrogens is 386 g/mol. The van der Waals surface area contributed by atoms with Crippen LogP contribution in [0.15, 0.2) is 40.8 Å². The van der Waals surface area contributed by atoms with Crippen molar-refractivity contribution in [3.63, 3.8) is 0 Å². The predicted octanol–water partition coefficient (Wildman–Crippen LogP) is 2.89. The molecule has 0 unspecified atom stereocenters. The fourth-order valence-corrected chi connectivity index (χ4v) is 4.84. The number of piperidine rings is 1. The van der Waals surface area contributed by atoms with Crippen LogP contribution < -0.4 is 10.5 Å². The highest BCUT2D eigenvalue weighted by Crippen LogP contribution is 2.31. The van der Waals surface area contributed by atoms with Crippen molar-refractivity contribution in [3.8, 4) is 5.82 Å². The Morgan fingerprint density at radius 3 is 2.66 bits per heavy atom. The summed E-state index contributed by atoms with van der Waals surface area (Å²) in [6, 6.07) is 7.41. The highest BCUT2D eigenvalue weighted by Gasteiger charge is 2.25. The van der Waals surface area contributed by atoms with E-state index in [9.17, 15) is 4.79 Å². The lowest BCUT2D eigenvalue weighted by Gasteiger charge is -2.33. The predicted molar refractivity (Wildman–Crippen MR) is 113 cm³/mol. The highest BCUT2D eigenvalue weighted by molar-refractivity contribution is 7.17. The second kappa shape index (κ2) is 7.07. The van der Waals surface area contributed by atoms with Crippen LogP contribution in [0, 0.1) is 13.8 Å². The van der Waals surface area contributed by atoms with Gasteiger partial charge >= 0.3 is 0 Å². The Hall–Kier alpha value is -3.07. The Morgan fingerprint density at radius 2 is 1.90 bits per heavy atom. The van der Waals surface area contributed by atoms with E-state index in [-0.39, 0.29) is 11.6 Å². The largest absolute Gasteiger partial charge is 0.355 e. The monoisotopic (exact) mass is 407 g/mol. The molecule has 0 atom stereocenters. The van der Waals surface area contributed by atoms with E-state index in [4.69, 9.17) is 0 Å². The summed E-state index contributed by atoms with van der Waals surface area (Å²) in [5.41, 5.74) is 2.84. The van der Waals surface area contributed by atoms with Crippen molar-refractivity contribution in [2.24, 2.45) is 0 Å². The molecule has 4 aromatic rings. The van der Waals surface area contributed by atoms with Gasteiger partial charge in [0.15, 0.2) is 5.82 Å². The van der Waals surface area contributed by atoms with Crippen LogP contribution >= 0.6 is 11.3 Å². The van der Waals surface area contributed by atoms with Crippen molar-refractivity contribution in [3.05, 3.63) is 57.7 Å². The van der Waals surface area contributed by atoms with E-state index in [2.05, 4.69) is 25.1 Å². The van der Waals surface area contributed by atoms with Gasteiger partial charge in [-0.25, -0.2) is 19.3 Å². The molecule has 1 aliphatic rings. The number of anilines is 1. The molecule has 29 heavy (non-hydrogen) atoms. The average Bonchev–Trinajstić information content (AvgIpc) is 3.34. The Kier molecular flexibility index (Phi) is 4.39. The van der Waals surface area contributed by atoms with Crippen LogP contribution in [-0.2, 0) is 0 Å². The van der Waals surface area contributed by atoms with Crippen molar-refractivity contribution >= 4 is 27.4 Å². The van der Waals surface area contributed by atoms with E-state index < -0.39 is 0 Å². The summed E-state index contributed by atoms with van der Waals surface area (Å²) in [4.78, 5) is 23.6. The number of aryl methyl sites for hydroxylation is 2. The first-order valence-corrected chi connectivity index (χ1v) is 10.5. The van der Waals surface area contributed by atoms with Crippen molar-refractivity contribution < 1.29 is 0 Å². The standard InChI is InChI=1S/C20H21N7OS/c1-13-11-14(2)26(23-13)17-3-4-18(28)27(24-17)15-5-8-25(9-6-15)20-19-16(7-10-29-19)21-12-22-20/h3-4,7,10-12,15H,5-6,8-9H2,1-2H3. The lowest BCUT2D eigenvalue weighted by Crippen LogP contribution is -2.39. The van der Waals surface area contributed by atoms with Gasteiger partial charge in [-0.05, 0) is 50.3 Å². The van der Waals surface area contributed by atoms with Crippen LogP contribution in [0.5, 0.6) is 0 Å². The molecule has 4 aromatic heterocycles. The smallest absolute Gasteiger partial charge is 0.267 e. The molecule has 0 amide bonds. The fraction of sp³-hybridized carbons (Fsp3) is 0.350. The molecule has 0 spiro atoms. The molecule has 1 aliphatic heterocycles. The van der Waals surface area contributed by atoms with Crippen LogP contribution in [0.4, 0.5) is 5.82 Å². The Morgan fingerprint density at radius 1 is 1.07 bits per heavy atom. The third-order valence-corrected chi connectivity index (χ3v) is 6.27. The van der Waals surface area contributed by atoms with Gasteiger partial charge in [0.05, 0.1) is 22.0 Å². The normalized spacial score (nSPS) is 15.3. The van der Waals surface area contributed by atoms with Crippen molar-refractivity contribution in [1.29, 1.82) is 0 Å². The molecule has 0 aromatic carbocycles. The van der Waals surface area contributed by atoms with Gasteiger partial charge < -0.3 is 4.90 Å². The molecule has 1 saturated heterocycles. The van der Waals surface area contributed by atoms with Crippen LogP contribution in [-0.4, -0.2) is 42.6 Å². The minimum atomic E-state index is -0.0728. The number of aromatic nitrogens is 6. The van der Waals surface area contributed by atoms with Gasteiger partial charge in [-0.15, -0.1) is 16.4 Å². The summed E-state index contributed by atoms with van der Waals surface area (Å²) in [5.74, 6) is 1.66. The van der Waals surface area contributed by atoms with E-state index in [1.165, 1.54) is 0 Å². The molecule has 148 valence electrons. The maximum absolute atomic E-state index is 12.5. The number of rotatable bonds is 3. The molecule has 1 fully saturated rings. The summed E-state index contributed by atoms with van der Waals surface area (Å²) < 4.78 is 4.53. The topological polar surface area (TPSA) is 81.7 Å². The molecule has 0 bridgehead atoms. The summed E-state index contributed by atoms with van der Waals surface area (Å²) in [6.45, 7) is 5.59. The van der Waals surface area contributed by atoms with Gasteiger partial charge in [-0.3, -0.25) is 4.79 Å². The van der Waals surface area contributed by atoms with E-state index in [1.54, 1.807) is 39.2 Å². The number of hydrogen-bond donors (Lipinski definition) is 0. The van der Waals surface area contributed by atoms with Gasteiger partial charge in [-0.1, -0.05) is 0 Å². The van der Waals surface area contributed by atoms with Crippen LogP contribution in [0.1, 0.15) is 30.3 Å². The molecule has 5 rings (SSSR count). The molecule has 5 heterocycles. The third-order valence-electron chi connectivity index (χ3n) is 5.37. The Balaban J connectivity index is 1.39. The molecule has 9 heteroatoms. The van der Waals surface area contributed by atoms with Gasteiger partial charge in [0.1, 0.15) is 12.1 Å². The first kappa shape index (κ1) is 18.0. The third kappa shape index (κ3) is 3.21. The van der Waals surface area contributed by atoms with E-state index >= 15 is 0 Å².